The van der Waals surface area contributed by atoms with E-state index in [1.54, 1.807) is 7.11 Å². The molecule has 2 heteroatoms. The third-order valence-electron chi connectivity index (χ3n) is 2.75. The van der Waals surface area contributed by atoms with Crippen molar-refractivity contribution < 1.29 is 10.1 Å². The maximum Gasteiger partial charge on any atom is 0.126 e. The van der Waals surface area contributed by atoms with Gasteiger partial charge in [0.15, 0.2) is 0 Å². The van der Waals surface area contributed by atoms with Crippen LogP contribution in [0.1, 0.15) is 25.8 Å². The maximum absolute atomic E-state index is 5.28. The van der Waals surface area contributed by atoms with Crippen LogP contribution in [0, 0.1) is 0 Å². The summed E-state index contributed by atoms with van der Waals surface area (Å²) < 4.78 is 5.28. The van der Waals surface area contributed by atoms with Gasteiger partial charge in [-0.3, -0.25) is 0 Å². The zero-order valence-corrected chi connectivity index (χ0v) is 10.4. The van der Waals surface area contributed by atoms with E-state index in [2.05, 4.69) is 37.4 Å². The molecule has 0 amide bonds. The van der Waals surface area contributed by atoms with Gasteiger partial charge >= 0.3 is 0 Å². The lowest BCUT2D eigenvalue weighted by molar-refractivity contribution is -0.678. The minimum absolute atomic E-state index is 0.697. The Balaban J connectivity index is 2.49. The zero-order chi connectivity index (χ0) is 11.8. The third kappa shape index (κ3) is 4.07. The summed E-state index contributed by atoms with van der Waals surface area (Å²) in [5.41, 5.74) is 1.14. The Morgan fingerprint density at radius 3 is 2.81 bits per heavy atom. The van der Waals surface area contributed by atoms with Crippen molar-refractivity contribution in [1.29, 1.82) is 0 Å². The smallest absolute Gasteiger partial charge is 0.126 e. The molecule has 2 nitrogen and oxygen atoms in total. The highest BCUT2D eigenvalue weighted by Gasteiger charge is 1.98. The summed E-state index contributed by atoms with van der Waals surface area (Å²) in [7, 11) is 1.71. The Labute approximate surface area is 98.3 Å². The van der Waals surface area contributed by atoms with Crippen LogP contribution in [0.2, 0.25) is 0 Å². The molecule has 0 saturated carbocycles. The summed E-state index contributed by atoms with van der Waals surface area (Å²) in [4.78, 5) is 0. The molecule has 1 rings (SSSR count). The Morgan fingerprint density at radius 1 is 1.38 bits per heavy atom. The Bertz CT molecular complexity index is 333. The number of rotatable bonds is 6. The molecule has 0 bridgehead atoms. The van der Waals surface area contributed by atoms with Crippen LogP contribution >= 0.6 is 0 Å². The van der Waals surface area contributed by atoms with Crippen molar-refractivity contribution in [1.82, 2.24) is 0 Å². The zero-order valence-electron chi connectivity index (χ0n) is 10.4. The lowest BCUT2D eigenvalue weighted by atomic mass is 10.2. The molecule has 0 fully saturated rings. The second-order valence-electron chi connectivity index (χ2n) is 4.00. The molecule has 1 aromatic rings. The third-order valence-corrected chi connectivity index (χ3v) is 2.75. The highest BCUT2D eigenvalue weighted by atomic mass is 16.5. The van der Waals surface area contributed by atoms with Crippen LogP contribution in [0.25, 0.3) is 6.08 Å². The van der Waals surface area contributed by atoms with E-state index in [1.807, 2.05) is 18.2 Å². The summed E-state index contributed by atoms with van der Waals surface area (Å²) in [6.45, 7) is 5.48. The Morgan fingerprint density at radius 2 is 2.12 bits per heavy atom. The van der Waals surface area contributed by atoms with Crippen molar-refractivity contribution in [3.63, 3.8) is 0 Å². The van der Waals surface area contributed by atoms with Crippen LogP contribution in [-0.2, 0) is 0 Å². The van der Waals surface area contributed by atoms with Crippen molar-refractivity contribution in [2.45, 2.75) is 26.3 Å². The van der Waals surface area contributed by atoms with Crippen molar-refractivity contribution in [2.24, 2.45) is 0 Å². The molecule has 2 N–H and O–H groups in total. The number of hydrogen-bond donors (Lipinski definition) is 1. The fourth-order valence-corrected chi connectivity index (χ4v) is 1.48. The highest BCUT2D eigenvalue weighted by Crippen LogP contribution is 2.18. The number of quaternary nitrogens is 1. The van der Waals surface area contributed by atoms with Crippen molar-refractivity contribution in [3.05, 3.63) is 35.9 Å². The molecule has 0 radical (unpaired) electrons. The molecule has 0 aliphatic carbocycles. The minimum Gasteiger partial charge on any atom is -0.496 e. The number of nitrogens with two attached hydrogens (primary N) is 1. The van der Waals surface area contributed by atoms with Crippen LogP contribution in [0.5, 0.6) is 5.75 Å². The first-order valence-corrected chi connectivity index (χ1v) is 5.90. The summed E-state index contributed by atoms with van der Waals surface area (Å²) in [5.74, 6) is 0.933. The van der Waals surface area contributed by atoms with Gasteiger partial charge in [0.1, 0.15) is 5.75 Å². The predicted molar refractivity (Wildman–Crippen MR) is 68.6 cm³/mol. The lowest BCUT2D eigenvalue weighted by Crippen LogP contribution is -2.88. The molecule has 0 heterocycles. The number of benzene rings is 1. The highest BCUT2D eigenvalue weighted by molar-refractivity contribution is 5.56. The van der Waals surface area contributed by atoms with Gasteiger partial charge in [-0.1, -0.05) is 25.1 Å². The van der Waals surface area contributed by atoms with Gasteiger partial charge in [0.25, 0.3) is 0 Å². The fourth-order valence-electron chi connectivity index (χ4n) is 1.48. The van der Waals surface area contributed by atoms with Gasteiger partial charge in [-0.2, -0.15) is 0 Å². The average Bonchev–Trinajstić information content (AvgIpc) is 2.34. The molecule has 0 unspecified atom stereocenters. The second-order valence-corrected chi connectivity index (χ2v) is 4.00. The molecule has 0 saturated heterocycles. The van der Waals surface area contributed by atoms with E-state index in [0.29, 0.717) is 6.04 Å². The minimum atomic E-state index is 0.697. The molecule has 0 spiro atoms. The number of hydrogen-bond acceptors (Lipinski definition) is 1. The molecule has 1 atom stereocenters. The SMILES string of the molecule is CC[C@@H](C)[NH2+]C/C=C/c1ccccc1OC. The first kappa shape index (κ1) is 12.8. The molecular formula is C14H22NO+. The molecule has 1 aromatic carbocycles. The molecule has 0 aliphatic heterocycles. The summed E-state index contributed by atoms with van der Waals surface area (Å²) >= 11 is 0. The number of ether oxygens (including phenoxy) is 1. The van der Waals surface area contributed by atoms with E-state index in [1.165, 1.54) is 6.42 Å². The first-order valence-electron chi connectivity index (χ1n) is 5.90. The summed E-state index contributed by atoms with van der Waals surface area (Å²) in [5, 5.41) is 2.34. The van der Waals surface area contributed by atoms with E-state index < -0.39 is 0 Å². The molecular weight excluding hydrogens is 198 g/mol. The fraction of sp³-hybridized carbons (Fsp3) is 0.429. The number of methoxy groups -OCH3 is 1. The average molecular weight is 220 g/mol. The van der Waals surface area contributed by atoms with E-state index >= 15 is 0 Å². The van der Waals surface area contributed by atoms with Crippen LogP contribution < -0.4 is 10.1 Å². The van der Waals surface area contributed by atoms with Gasteiger partial charge in [0.2, 0.25) is 0 Å². The van der Waals surface area contributed by atoms with Crippen LogP contribution in [0.3, 0.4) is 0 Å². The van der Waals surface area contributed by atoms with E-state index in [-0.39, 0.29) is 0 Å². The van der Waals surface area contributed by atoms with E-state index in [4.69, 9.17) is 4.74 Å². The van der Waals surface area contributed by atoms with Crippen molar-refractivity contribution in [3.8, 4) is 5.75 Å². The van der Waals surface area contributed by atoms with Crippen LogP contribution in [0.15, 0.2) is 30.3 Å². The van der Waals surface area contributed by atoms with Gasteiger partial charge in [0.05, 0.1) is 19.7 Å². The summed E-state index contributed by atoms with van der Waals surface area (Å²) in [6.07, 6.45) is 5.52. The quantitative estimate of drug-likeness (QED) is 0.780. The topological polar surface area (TPSA) is 25.8 Å². The van der Waals surface area contributed by atoms with Crippen LogP contribution in [0.4, 0.5) is 0 Å². The van der Waals surface area contributed by atoms with Crippen LogP contribution in [-0.4, -0.2) is 19.7 Å². The van der Waals surface area contributed by atoms with Gasteiger partial charge in [-0.15, -0.1) is 0 Å². The summed E-state index contributed by atoms with van der Waals surface area (Å²) in [6, 6.07) is 8.76. The van der Waals surface area contributed by atoms with Crippen molar-refractivity contribution >= 4 is 6.08 Å². The van der Waals surface area contributed by atoms with Gasteiger partial charge in [0, 0.05) is 5.56 Å². The largest absolute Gasteiger partial charge is 0.496 e. The Kier molecular flexibility index (Phi) is 5.65. The first-order chi connectivity index (χ1) is 7.77. The van der Waals surface area contributed by atoms with Gasteiger partial charge in [-0.25, -0.2) is 0 Å². The van der Waals surface area contributed by atoms with E-state index in [9.17, 15) is 0 Å². The van der Waals surface area contributed by atoms with Crippen molar-refractivity contribution in [2.75, 3.05) is 13.7 Å². The standard InChI is InChI=1S/C14H21NO/c1-4-12(2)15-11-7-9-13-8-5-6-10-14(13)16-3/h5-10,12,15H,4,11H2,1-3H3/p+1/b9-7+/t12-/m1/s1. The Hall–Kier alpha value is -1.28. The molecule has 0 aromatic heterocycles. The number of para-hydroxylation sites is 1. The second kappa shape index (κ2) is 7.07. The monoisotopic (exact) mass is 220 g/mol. The normalized spacial score (nSPS) is 12.9. The molecule has 0 aliphatic rings. The van der Waals surface area contributed by atoms with E-state index in [0.717, 1.165) is 17.9 Å². The predicted octanol–water partition coefficient (Wildman–Crippen LogP) is 2.07. The molecule has 88 valence electrons. The lowest BCUT2D eigenvalue weighted by Gasteiger charge is -2.05. The van der Waals surface area contributed by atoms with Gasteiger partial charge < -0.3 is 10.1 Å². The van der Waals surface area contributed by atoms with Gasteiger partial charge in [-0.05, 0) is 31.6 Å². The maximum atomic E-state index is 5.28. The molecule has 16 heavy (non-hydrogen) atoms.